The maximum atomic E-state index is 15.1. The van der Waals surface area contributed by atoms with E-state index >= 15 is 4.39 Å². The van der Waals surface area contributed by atoms with Gasteiger partial charge in [-0.15, -0.1) is 4.52 Å². The fourth-order valence-corrected chi connectivity index (χ4v) is 3.34. The number of aliphatic hydroxyl groups excluding tert-OH is 1. The topological polar surface area (TPSA) is 126 Å². The number of para-hydroxylation sites is 1. The fraction of sp³-hybridized carbons (Fsp3) is 0.375. The number of hydrogen-bond donors (Lipinski definition) is 2. The molecule has 3 N–H and O–H groups in total. The quantitative estimate of drug-likeness (QED) is 0.705. The summed E-state index contributed by atoms with van der Waals surface area (Å²) in [5.41, 5.74) is 4.68. The van der Waals surface area contributed by atoms with E-state index in [0.29, 0.717) is 0 Å². The minimum atomic E-state index is -2.70. The molecule has 27 heavy (non-hydrogen) atoms. The van der Waals surface area contributed by atoms with Gasteiger partial charge in [0.25, 0.3) is 5.85 Å². The number of rotatable bonds is 6. The van der Waals surface area contributed by atoms with Crippen LogP contribution >= 0.6 is 8.25 Å². The van der Waals surface area contributed by atoms with Crippen LogP contribution in [0.1, 0.15) is 13.2 Å². The van der Waals surface area contributed by atoms with E-state index in [1.165, 1.54) is 19.2 Å². The normalized spacial score (nSPS) is 28.1. The molecule has 0 saturated carbocycles. The number of anilines is 1. The molecule has 1 aromatic carbocycles. The van der Waals surface area contributed by atoms with Gasteiger partial charge in [0.05, 0.1) is 0 Å². The molecule has 1 aliphatic rings. The van der Waals surface area contributed by atoms with Crippen LogP contribution in [-0.2, 0) is 13.8 Å². The van der Waals surface area contributed by atoms with Crippen molar-refractivity contribution in [3.63, 3.8) is 0 Å². The summed E-state index contributed by atoms with van der Waals surface area (Å²) in [7, 11) is -2.70. The number of nitrogens with two attached hydrogens (primary N) is 1. The molecule has 0 bridgehead atoms. The number of hydrogen-bond acceptors (Lipinski definition) is 8. The second-order valence-corrected chi connectivity index (χ2v) is 6.93. The zero-order chi connectivity index (χ0) is 19.6. The average Bonchev–Trinajstić information content (AvgIpc) is 2.86. The first-order valence-corrected chi connectivity index (χ1v) is 9.12. The summed E-state index contributed by atoms with van der Waals surface area (Å²) in [5, 5.41) is 10.2. The zero-order valence-electron chi connectivity index (χ0n) is 14.3. The third-order valence-corrected chi connectivity index (χ3v) is 4.82. The molecule has 1 fully saturated rings. The Kier molecular flexibility index (Phi) is 5.52. The monoisotopic (exact) mass is 398 g/mol. The van der Waals surface area contributed by atoms with Crippen molar-refractivity contribution in [2.24, 2.45) is 5.92 Å². The average molecular weight is 398 g/mol. The Morgan fingerprint density at radius 3 is 2.78 bits per heavy atom. The van der Waals surface area contributed by atoms with E-state index in [9.17, 15) is 14.5 Å². The Morgan fingerprint density at radius 2 is 2.11 bits per heavy atom. The molecule has 11 heteroatoms. The van der Waals surface area contributed by atoms with Gasteiger partial charge in [0.1, 0.15) is 18.1 Å². The van der Waals surface area contributed by atoms with Crippen LogP contribution < -0.4 is 15.9 Å². The molecule has 2 heterocycles. The molecule has 144 valence electrons. The standard InChI is InChI=1S/C16H17FN3O6P/c1-10-13(21)16(17,9-24-27(23)26-11-5-3-2-4-6-11)25-14(10)20-8-7-12(18)19-15(20)22/h2-8,10,13-14,21H,9H2,1H3,(H-,18,19,22)/p+1/t10-,13-,14+,16+/m0/s1. The van der Waals surface area contributed by atoms with Crippen LogP contribution in [0.25, 0.3) is 0 Å². The minimum Gasteiger partial charge on any atom is -0.387 e. The molecule has 1 unspecified atom stereocenters. The van der Waals surface area contributed by atoms with Crippen molar-refractivity contribution in [2.45, 2.75) is 25.1 Å². The smallest absolute Gasteiger partial charge is 0.387 e. The largest absolute Gasteiger partial charge is 0.750 e. The Bertz CT molecular complexity index is 882. The van der Waals surface area contributed by atoms with Crippen molar-refractivity contribution in [3.05, 3.63) is 53.1 Å². The molecule has 1 saturated heterocycles. The molecule has 5 atom stereocenters. The van der Waals surface area contributed by atoms with Gasteiger partial charge in [-0.1, -0.05) is 25.1 Å². The summed E-state index contributed by atoms with van der Waals surface area (Å²) in [4.78, 5) is 15.5. The summed E-state index contributed by atoms with van der Waals surface area (Å²) in [5.74, 6) is -3.21. The van der Waals surface area contributed by atoms with Gasteiger partial charge in [-0.25, -0.2) is 13.7 Å². The highest BCUT2D eigenvalue weighted by molar-refractivity contribution is 7.33. The van der Waals surface area contributed by atoms with E-state index in [-0.39, 0.29) is 11.6 Å². The number of nitrogens with zero attached hydrogens (tertiary/aromatic N) is 2. The van der Waals surface area contributed by atoms with Gasteiger partial charge in [0, 0.05) is 16.7 Å². The molecular weight excluding hydrogens is 380 g/mol. The number of halogens is 1. The Hall–Kier alpha value is -2.39. The third-order valence-electron chi connectivity index (χ3n) is 4.12. The second kappa shape index (κ2) is 7.69. The third kappa shape index (κ3) is 4.14. The molecule has 0 aliphatic carbocycles. The van der Waals surface area contributed by atoms with Crippen molar-refractivity contribution in [2.75, 3.05) is 12.3 Å². The van der Waals surface area contributed by atoms with E-state index in [1.54, 1.807) is 30.3 Å². The van der Waals surface area contributed by atoms with Crippen molar-refractivity contribution in [1.82, 2.24) is 9.55 Å². The molecule has 0 radical (unpaired) electrons. The summed E-state index contributed by atoms with van der Waals surface area (Å²) in [6.07, 6.45) is -1.47. The summed E-state index contributed by atoms with van der Waals surface area (Å²) < 4.78 is 43.1. The van der Waals surface area contributed by atoms with Crippen LogP contribution in [-0.4, -0.2) is 33.2 Å². The lowest BCUT2D eigenvalue weighted by Crippen LogP contribution is -2.40. The first kappa shape index (κ1) is 19.4. The number of benzene rings is 1. The van der Waals surface area contributed by atoms with Crippen LogP contribution in [0, 0.1) is 5.92 Å². The maximum absolute atomic E-state index is 15.1. The zero-order valence-corrected chi connectivity index (χ0v) is 15.2. The van der Waals surface area contributed by atoms with Gasteiger partial charge in [0.15, 0.2) is 12.4 Å². The Morgan fingerprint density at radius 1 is 1.41 bits per heavy atom. The van der Waals surface area contributed by atoms with Crippen LogP contribution in [0.2, 0.25) is 0 Å². The molecule has 1 aromatic heterocycles. The van der Waals surface area contributed by atoms with Gasteiger partial charge in [-0.3, -0.25) is 4.57 Å². The van der Waals surface area contributed by atoms with Gasteiger partial charge in [-0.05, 0) is 18.2 Å². The van der Waals surface area contributed by atoms with Crippen molar-refractivity contribution < 1.29 is 27.8 Å². The maximum Gasteiger partial charge on any atom is 0.750 e. The Balaban J connectivity index is 1.68. The summed E-state index contributed by atoms with van der Waals surface area (Å²) in [6.45, 7) is 0.647. The second-order valence-electron chi connectivity index (χ2n) is 6.04. The van der Waals surface area contributed by atoms with Crippen molar-refractivity contribution in [1.29, 1.82) is 0 Å². The van der Waals surface area contributed by atoms with Crippen LogP contribution in [0.15, 0.2) is 47.4 Å². The molecule has 2 aromatic rings. The van der Waals surface area contributed by atoms with Crippen molar-refractivity contribution >= 4 is 14.1 Å². The molecule has 1 aliphatic heterocycles. The molecule has 0 spiro atoms. The number of nitrogen functional groups attached to an aromatic ring is 1. The molecule has 3 rings (SSSR count). The minimum absolute atomic E-state index is 0.00681. The summed E-state index contributed by atoms with van der Waals surface area (Å²) >= 11 is 0. The van der Waals surface area contributed by atoms with Crippen LogP contribution in [0.5, 0.6) is 5.75 Å². The first-order chi connectivity index (χ1) is 12.8. The Labute approximate surface area is 154 Å². The molecule has 9 nitrogen and oxygen atoms in total. The predicted octanol–water partition coefficient (Wildman–Crippen LogP) is 1.77. The first-order valence-electron chi connectivity index (χ1n) is 8.03. The highest BCUT2D eigenvalue weighted by Gasteiger charge is 2.56. The lowest BCUT2D eigenvalue weighted by Gasteiger charge is -2.20. The molecule has 0 amide bonds. The lowest BCUT2D eigenvalue weighted by molar-refractivity contribution is -0.203. The highest BCUT2D eigenvalue weighted by atomic mass is 31.1. The van der Waals surface area contributed by atoms with Crippen LogP contribution in [0.3, 0.4) is 0 Å². The van der Waals surface area contributed by atoms with E-state index in [4.69, 9.17) is 19.5 Å². The van der Waals surface area contributed by atoms with Gasteiger partial charge < -0.3 is 15.6 Å². The number of alkyl halides is 1. The SMILES string of the molecule is C[C@@H]1[C@H](n2ccc(N)nc2=O)O[C@](F)(CO[P+](=O)Oc2ccccc2)[C@H]1O. The van der Waals surface area contributed by atoms with E-state index in [2.05, 4.69) is 4.98 Å². The van der Waals surface area contributed by atoms with Gasteiger partial charge in [0.2, 0.25) is 0 Å². The summed E-state index contributed by atoms with van der Waals surface area (Å²) in [6, 6.07) is 9.55. The van der Waals surface area contributed by atoms with E-state index in [1.807, 2.05) is 0 Å². The molecular formula is C16H18FN3O6P+. The van der Waals surface area contributed by atoms with Crippen LogP contribution in [0.4, 0.5) is 10.2 Å². The number of ether oxygens (including phenoxy) is 1. The van der Waals surface area contributed by atoms with Gasteiger partial charge >= 0.3 is 13.9 Å². The predicted molar refractivity (Wildman–Crippen MR) is 92.7 cm³/mol. The van der Waals surface area contributed by atoms with Gasteiger partial charge in [-0.2, -0.15) is 4.98 Å². The number of aromatic nitrogens is 2. The van der Waals surface area contributed by atoms with E-state index in [0.717, 1.165) is 4.57 Å². The lowest BCUT2D eigenvalue weighted by atomic mass is 10.0. The van der Waals surface area contributed by atoms with Crippen molar-refractivity contribution in [3.8, 4) is 5.75 Å². The number of aliphatic hydroxyl groups is 1. The fourth-order valence-electron chi connectivity index (χ4n) is 2.71. The highest BCUT2D eigenvalue weighted by Crippen LogP contribution is 2.43. The van der Waals surface area contributed by atoms with E-state index < -0.39 is 44.7 Å².